The first-order chi connectivity index (χ1) is 9.56. The largest absolute Gasteiger partial charge is 0.339 e. The zero-order chi connectivity index (χ0) is 14.3. The molecule has 0 saturated carbocycles. The Morgan fingerprint density at radius 2 is 1.90 bits per heavy atom. The minimum Gasteiger partial charge on any atom is -0.339 e. The summed E-state index contributed by atoms with van der Waals surface area (Å²) in [5.41, 5.74) is 0.0509. The van der Waals surface area contributed by atoms with Crippen molar-refractivity contribution >= 4 is 0 Å². The van der Waals surface area contributed by atoms with Crippen LogP contribution in [0.25, 0.3) is 11.4 Å². The van der Waals surface area contributed by atoms with E-state index in [2.05, 4.69) is 15.5 Å². The maximum absolute atomic E-state index is 13.2. The monoisotopic (exact) mass is 283 g/mol. The molecule has 3 rings (SSSR count). The molecule has 1 N–H and O–H groups in total. The summed E-state index contributed by atoms with van der Waals surface area (Å²) >= 11 is 0. The smallest absolute Gasteiger partial charge is 0.231 e. The zero-order valence-corrected chi connectivity index (χ0v) is 10.7. The van der Waals surface area contributed by atoms with Gasteiger partial charge < -0.3 is 9.84 Å². The molecule has 1 saturated heterocycles. The molecule has 1 fully saturated rings. The molecule has 2 unspecified atom stereocenters. The Balaban J connectivity index is 1.94. The third-order valence-electron chi connectivity index (χ3n) is 3.52. The number of benzene rings is 1. The third-order valence-corrected chi connectivity index (χ3v) is 3.52. The second kappa shape index (κ2) is 4.90. The lowest BCUT2D eigenvalue weighted by atomic mass is 9.98. The number of rotatable bonds is 2. The van der Waals surface area contributed by atoms with Crippen LogP contribution in [0.15, 0.2) is 16.7 Å². The summed E-state index contributed by atoms with van der Waals surface area (Å²) in [6.45, 7) is 3.61. The highest BCUT2D eigenvalue weighted by molar-refractivity contribution is 5.54. The molecule has 0 bridgehead atoms. The van der Waals surface area contributed by atoms with Crippen molar-refractivity contribution in [1.82, 2.24) is 15.5 Å². The normalized spacial score (nSPS) is 22.4. The van der Waals surface area contributed by atoms with E-state index in [0.29, 0.717) is 11.8 Å². The topological polar surface area (TPSA) is 51.0 Å². The van der Waals surface area contributed by atoms with E-state index < -0.39 is 17.5 Å². The number of hydrogen-bond donors (Lipinski definition) is 1. The molecule has 2 atom stereocenters. The number of nitrogens with one attached hydrogen (secondary N) is 1. The molecule has 1 aliphatic heterocycles. The van der Waals surface area contributed by atoms with Crippen LogP contribution in [-0.2, 0) is 0 Å². The van der Waals surface area contributed by atoms with Gasteiger partial charge in [-0.1, -0.05) is 12.1 Å². The standard InChI is InChI=1S/C13H12F3N3O/c1-6-4-17-5-8(6)13-18-12(19-20-13)7-2-9(14)11(16)10(15)3-7/h2-3,6,8,17H,4-5H2,1H3. The molecule has 1 aromatic carbocycles. The van der Waals surface area contributed by atoms with E-state index in [1.165, 1.54) is 0 Å². The lowest BCUT2D eigenvalue weighted by Gasteiger charge is -2.07. The van der Waals surface area contributed by atoms with Gasteiger partial charge in [-0.2, -0.15) is 4.98 Å². The van der Waals surface area contributed by atoms with Crippen molar-refractivity contribution in [1.29, 1.82) is 0 Å². The number of nitrogens with zero attached hydrogens (tertiary/aromatic N) is 2. The van der Waals surface area contributed by atoms with Crippen LogP contribution in [0.1, 0.15) is 18.7 Å². The average Bonchev–Trinajstić information content (AvgIpc) is 3.03. The molecule has 20 heavy (non-hydrogen) atoms. The Hall–Kier alpha value is -1.89. The Kier molecular flexibility index (Phi) is 3.21. The van der Waals surface area contributed by atoms with Crippen LogP contribution in [0.2, 0.25) is 0 Å². The van der Waals surface area contributed by atoms with Crippen LogP contribution in [0.4, 0.5) is 13.2 Å². The predicted molar refractivity (Wildman–Crippen MR) is 64.4 cm³/mol. The number of aromatic nitrogens is 2. The molecule has 2 heterocycles. The average molecular weight is 283 g/mol. The second-order valence-corrected chi connectivity index (χ2v) is 4.95. The third kappa shape index (κ3) is 2.18. The summed E-state index contributed by atoms with van der Waals surface area (Å²) < 4.78 is 44.4. The van der Waals surface area contributed by atoms with Crippen molar-refractivity contribution in [3.05, 3.63) is 35.5 Å². The highest BCUT2D eigenvalue weighted by Crippen LogP contribution is 2.28. The van der Waals surface area contributed by atoms with Crippen LogP contribution in [0.3, 0.4) is 0 Å². The summed E-state index contributed by atoms with van der Waals surface area (Å²) in [4.78, 5) is 4.15. The first-order valence-electron chi connectivity index (χ1n) is 6.25. The summed E-state index contributed by atoms with van der Waals surface area (Å²) in [7, 11) is 0. The second-order valence-electron chi connectivity index (χ2n) is 4.95. The van der Waals surface area contributed by atoms with Crippen molar-refractivity contribution in [2.45, 2.75) is 12.8 Å². The van der Waals surface area contributed by atoms with Gasteiger partial charge in [0.15, 0.2) is 17.5 Å². The minimum absolute atomic E-state index is 0.0509. The lowest BCUT2D eigenvalue weighted by Crippen LogP contribution is -2.08. The first-order valence-corrected chi connectivity index (χ1v) is 6.25. The van der Waals surface area contributed by atoms with Crippen molar-refractivity contribution < 1.29 is 17.7 Å². The molecule has 1 aliphatic rings. The molecule has 1 aromatic heterocycles. The highest BCUT2D eigenvalue weighted by atomic mass is 19.2. The fraction of sp³-hybridized carbons (Fsp3) is 0.385. The maximum atomic E-state index is 13.2. The van der Waals surface area contributed by atoms with Crippen LogP contribution >= 0.6 is 0 Å². The van der Waals surface area contributed by atoms with E-state index >= 15 is 0 Å². The molecular weight excluding hydrogens is 271 g/mol. The van der Waals surface area contributed by atoms with E-state index in [4.69, 9.17) is 4.52 Å². The summed E-state index contributed by atoms with van der Waals surface area (Å²) in [5, 5.41) is 6.91. The van der Waals surface area contributed by atoms with Gasteiger partial charge in [0.25, 0.3) is 0 Å². The van der Waals surface area contributed by atoms with Crippen molar-refractivity contribution in [2.24, 2.45) is 5.92 Å². The molecule has 0 amide bonds. The van der Waals surface area contributed by atoms with Crippen LogP contribution < -0.4 is 5.32 Å². The van der Waals surface area contributed by atoms with Gasteiger partial charge >= 0.3 is 0 Å². The van der Waals surface area contributed by atoms with Crippen molar-refractivity contribution in [3.63, 3.8) is 0 Å². The molecule has 4 nitrogen and oxygen atoms in total. The Labute approximate surface area is 113 Å². The summed E-state index contributed by atoms with van der Waals surface area (Å²) in [5.74, 6) is -3.17. The predicted octanol–water partition coefficient (Wildman–Crippen LogP) is 2.48. The van der Waals surface area contributed by atoms with Crippen molar-refractivity contribution in [2.75, 3.05) is 13.1 Å². The van der Waals surface area contributed by atoms with Gasteiger partial charge in [0.1, 0.15) is 0 Å². The zero-order valence-electron chi connectivity index (χ0n) is 10.7. The van der Waals surface area contributed by atoms with Gasteiger partial charge in [-0.3, -0.25) is 0 Å². The molecule has 0 spiro atoms. The minimum atomic E-state index is -1.51. The Morgan fingerprint density at radius 3 is 2.50 bits per heavy atom. The molecule has 0 radical (unpaired) electrons. The van der Waals surface area contributed by atoms with Crippen LogP contribution in [0, 0.1) is 23.4 Å². The van der Waals surface area contributed by atoms with E-state index in [0.717, 1.165) is 25.2 Å². The van der Waals surface area contributed by atoms with Crippen molar-refractivity contribution in [3.8, 4) is 11.4 Å². The lowest BCUT2D eigenvalue weighted by molar-refractivity contribution is 0.340. The van der Waals surface area contributed by atoms with Crippen LogP contribution in [-0.4, -0.2) is 23.2 Å². The highest BCUT2D eigenvalue weighted by Gasteiger charge is 2.29. The van der Waals surface area contributed by atoms with Crippen LogP contribution in [0.5, 0.6) is 0 Å². The molecule has 2 aromatic rings. The molecule has 0 aliphatic carbocycles. The number of halogens is 3. The van der Waals surface area contributed by atoms with E-state index in [-0.39, 0.29) is 17.3 Å². The van der Waals surface area contributed by atoms with Gasteiger partial charge in [-0.25, -0.2) is 13.2 Å². The van der Waals surface area contributed by atoms with Gasteiger partial charge in [-0.15, -0.1) is 0 Å². The van der Waals surface area contributed by atoms with Gasteiger partial charge in [-0.05, 0) is 24.6 Å². The quantitative estimate of drug-likeness (QED) is 0.860. The number of hydrogen-bond acceptors (Lipinski definition) is 4. The van der Waals surface area contributed by atoms with Gasteiger partial charge in [0, 0.05) is 12.1 Å². The fourth-order valence-corrected chi connectivity index (χ4v) is 2.33. The van der Waals surface area contributed by atoms with Gasteiger partial charge in [0.2, 0.25) is 11.7 Å². The van der Waals surface area contributed by atoms with E-state index in [1.807, 2.05) is 6.92 Å². The Morgan fingerprint density at radius 1 is 1.20 bits per heavy atom. The maximum Gasteiger partial charge on any atom is 0.231 e. The molecule has 106 valence electrons. The SMILES string of the molecule is CC1CNCC1c1nc(-c2cc(F)c(F)c(F)c2)no1. The summed E-state index contributed by atoms with van der Waals surface area (Å²) in [6, 6.07) is 1.70. The molecular formula is C13H12F3N3O. The molecule has 7 heteroatoms. The first kappa shape index (κ1) is 13.1. The van der Waals surface area contributed by atoms with E-state index in [9.17, 15) is 13.2 Å². The fourth-order valence-electron chi connectivity index (χ4n) is 2.33. The summed E-state index contributed by atoms with van der Waals surface area (Å²) in [6.07, 6.45) is 0. The Bertz CT molecular complexity index is 621. The van der Waals surface area contributed by atoms with E-state index in [1.54, 1.807) is 0 Å². The van der Waals surface area contributed by atoms with Gasteiger partial charge in [0.05, 0.1) is 5.92 Å².